The van der Waals surface area contributed by atoms with Crippen molar-refractivity contribution in [1.29, 1.82) is 0 Å². The van der Waals surface area contributed by atoms with Gasteiger partial charge in [-0.2, -0.15) is 0 Å². The molecule has 0 radical (unpaired) electrons. The average molecular weight is 284 g/mol. The van der Waals surface area contributed by atoms with Gasteiger partial charge < -0.3 is 10.2 Å². The number of aryl methyl sites for hydroxylation is 2. The first kappa shape index (κ1) is 14.8. The molecule has 0 spiro atoms. The number of hydrogen-bond donors (Lipinski definition) is 2. The van der Waals surface area contributed by atoms with Crippen molar-refractivity contribution in [3.05, 3.63) is 58.1 Å². The molecule has 2 N–H and O–H groups in total. The molecule has 0 amide bonds. The van der Waals surface area contributed by atoms with Crippen LogP contribution in [0.25, 0.3) is 11.1 Å². The van der Waals surface area contributed by atoms with Gasteiger partial charge in [0.15, 0.2) is 0 Å². The van der Waals surface area contributed by atoms with E-state index in [1.54, 1.807) is 13.8 Å². The lowest BCUT2D eigenvalue weighted by Gasteiger charge is -2.15. The van der Waals surface area contributed by atoms with E-state index in [4.69, 9.17) is 0 Å². The van der Waals surface area contributed by atoms with Crippen LogP contribution in [-0.2, 0) is 0 Å². The molecular formula is C17H16O4. The quantitative estimate of drug-likeness (QED) is 0.901. The van der Waals surface area contributed by atoms with E-state index in [1.807, 2.05) is 31.2 Å². The van der Waals surface area contributed by atoms with Crippen molar-refractivity contribution in [3.8, 4) is 11.1 Å². The van der Waals surface area contributed by atoms with Crippen LogP contribution < -0.4 is 0 Å². The molecule has 4 heteroatoms. The number of rotatable bonds is 3. The molecule has 2 aromatic carbocycles. The zero-order valence-corrected chi connectivity index (χ0v) is 12.1. The van der Waals surface area contributed by atoms with Crippen molar-refractivity contribution >= 4 is 11.9 Å². The normalized spacial score (nSPS) is 10.4. The lowest BCUT2D eigenvalue weighted by Crippen LogP contribution is -2.10. The van der Waals surface area contributed by atoms with Crippen LogP contribution in [0.5, 0.6) is 0 Å². The molecule has 0 aliphatic carbocycles. The Morgan fingerprint density at radius 3 is 1.95 bits per heavy atom. The standard InChI is InChI=1S/C17H16O4/c1-9-4-6-12(7-5-9)15-11(3)14(17(20)21)10(2)8-13(15)16(18)19/h4-8H,1-3H3,(H,18,19)(H,20,21). The van der Waals surface area contributed by atoms with E-state index in [1.165, 1.54) is 6.07 Å². The highest BCUT2D eigenvalue weighted by atomic mass is 16.4. The van der Waals surface area contributed by atoms with Crippen LogP contribution in [0.4, 0.5) is 0 Å². The van der Waals surface area contributed by atoms with Crippen LogP contribution in [0, 0.1) is 20.8 Å². The minimum atomic E-state index is -1.06. The Morgan fingerprint density at radius 1 is 0.905 bits per heavy atom. The van der Waals surface area contributed by atoms with E-state index in [0.29, 0.717) is 22.3 Å². The minimum Gasteiger partial charge on any atom is -0.478 e. The second-order valence-electron chi connectivity index (χ2n) is 5.09. The molecular weight excluding hydrogens is 268 g/mol. The van der Waals surface area contributed by atoms with Crippen molar-refractivity contribution in [1.82, 2.24) is 0 Å². The Balaban J connectivity index is 2.84. The van der Waals surface area contributed by atoms with Gasteiger partial charge in [-0.05, 0) is 49.1 Å². The van der Waals surface area contributed by atoms with Gasteiger partial charge in [0.25, 0.3) is 0 Å². The van der Waals surface area contributed by atoms with Crippen LogP contribution in [0.2, 0.25) is 0 Å². The molecule has 108 valence electrons. The molecule has 0 fully saturated rings. The third-order valence-electron chi connectivity index (χ3n) is 3.56. The molecule has 0 bridgehead atoms. The van der Waals surface area contributed by atoms with Gasteiger partial charge in [0, 0.05) is 0 Å². The van der Waals surface area contributed by atoms with E-state index >= 15 is 0 Å². The van der Waals surface area contributed by atoms with E-state index in [-0.39, 0.29) is 11.1 Å². The highest BCUT2D eigenvalue weighted by molar-refractivity contribution is 6.02. The Kier molecular flexibility index (Phi) is 3.80. The molecule has 0 atom stereocenters. The second-order valence-corrected chi connectivity index (χ2v) is 5.09. The monoisotopic (exact) mass is 284 g/mol. The van der Waals surface area contributed by atoms with Gasteiger partial charge in [0.2, 0.25) is 0 Å². The van der Waals surface area contributed by atoms with E-state index in [0.717, 1.165) is 5.56 Å². The molecule has 0 saturated heterocycles. The number of benzene rings is 2. The first-order valence-electron chi connectivity index (χ1n) is 6.50. The molecule has 0 unspecified atom stereocenters. The smallest absolute Gasteiger partial charge is 0.336 e. The summed E-state index contributed by atoms with van der Waals surface area (Å²) in [5.41, 5.74) is 3.44. The van der Waals surface area contributed by atoms with Gasteiger partial charge in [-0.1, -0.05) is 29.8 Å². The van der Waals surface area contributed by atoms with Crippen molar-refractivity contribution < 1.29 is 19.8 Å². The SMILES string of the molecule is Cc1ccc(-c2c(C(=O)O)cc(C)c(C(=O)O)c2C)cc1. The van der Waals surface area contributed by atoms with E-state index in [2.05, 4.69) is 0 Å². The summed E-state index contributed by atoms with van der Waals surface area (Å²) in [6.45, 7) is 5.20. The Hall–Kier alpha value is -2.62. The molecule has 4 nitrogen and oxygen atoms in total. The molecule has 0 heterocycles. The summed E-state index contributed by atoms with van der Waals surface area (Å²) in [6, 6.07) is 8.80. The molecule has 0 aliphatic heterocycles. The zero-order chi connectivity index (χ0) is 15.7. The van der Waals surface area contributed by atoms with Crippen molar-refractivity contribution in [2.24, 2.45) is 0 Å². The van der Waals surface area contributed by atoms with Crippen molar-refractivity contribution in [2.45, 2.75) is 20.8 Å². The van der Waals surface area contributed by atoms with Crippen LogP contribution >= 0.6 is 0 Å². The minimum absolute atomic E-state index is 0.124. The predicted molar refractivity (Wildman–Crippen MR) is 80.0 cm³/mol. The maximum absolute atomic E-state index is 11.5. The fraction of sp³-hybridized carbons (Fsp3) is 0.176. The molecule has 0 saturated carbocycles. The first-order chi connectivity index (χ1) is 9.82. The van der Waals surface area contributed by atoms with Crippen molar-refractivity contribution in [2.75, 3.05) is 0 Å². The van der Waals surface area contributed by atoms with E-state index in [9.17, 15) is 19.8 Å². The van der Waals surface area contributed by atoms with Crippen LogP contribution in [0.15, 0.2) is 30.3 Å². The van der Waals surface area contributed by atoms with Crippen LogP contribution in [-0.4, -0.2) is 22.2 Å². The summed E-state index contributed by atoms with van der Waals surface area (Å²) < 4.78 is 0. The molecule has 2 aromatic rings. The number of carboxylic acids is 2. The van der Waals surface area contributed by atoms with Gasteiger partial charge in [-0.25, -0.2) is 9.59 Å². The van der Waals surface area contributed by atoms with Gasteiger partial charge in [0.05, 0.1) is 11.1 Å². The van der Waals surface area contributed by atoms with Crippen LogP contribution in [0.1, 0.15) is 37.4 Å². The zero-order valence-electron chi connectivity index (χ0n) is 12.1. The lowest BCUT2D eigenvalue weighted by molar-refractivity contribution is 0.0680. The number of carbonyl (C=O) groups is 2. The highest BCUT2D eigenvalue weighted by Crippen LogP contribution is 2.32. The second kappa shape index (κ2) is 5.40. The van der Waals surface area contributed by atoms with Crippen molar-refractivity contribution in [3.63, 3.8) is 0 Å². The summed E-state index contributed by atoms with van der Waals surface area (Å²) >= 11 is 0. The molecule has 2 rings (SSSR count). The molecule has 0 aliphatic rings. The fourth-order valence-corrected chi connectivity index (χ4v) is 2.57. The predicted octanol–water partition coefficient (Wildman–Crippen LogP) is 3.68. The Bertz CT molecular complexity index is 727. The van der Waals surface area contributed by atoms with E-state index < -0.39 is 11.9 Å². The molecule has 21 heavy (non-hydrogen) atoms. The number of carboxylic acid groups (broad SMARTS) is 2. The number of hydrogen-bond acceptors (Lipinski definition) is 2. The Morgan fingerprint density at radius 2 is 1.48 bits per heavy atom. The fourth-order valence-electron chi connectivity index (χ4n) is 2.57. The lowest BCUT2D eigenvalue weighted by atomic mass is 9.88. The Labute approximate surface area is 122 Å². The largest absolute Gasteiger partial charge is 0.478 e. The third kappa shape index (κ3) is 2.65. The summed E-state index contributed by atoms with van der Waals surface area (Å²) in [7, 11) is 0. The summed E-state index contributed by atoms with van der Waals surface area (Å²) in [5, 5.41) is 18.8. The highest BCUT2D eigenvalue weighted by Gasteiger charge is 2.21. The maximum atomic E-state index is 11.5. The average Bonchev–Trinajstić information content (AvgIpc) is 2.39. The summed E-state index contributed by atoms with van der Waals surface area (Å²) in [5.74, 6) is -2.11. The summed E-state index contributed by atoms with van der Waals surface area (Å²) in [6.07, 6.45) is 0. The van der Waals surface area contributed by atoms with Crippen LogP contribution in [0.3, 0.4) is 0 Å². The topological polar surface area (TPSA) is 74.6 Å². The van der Waals surface area contributed by atoms with Gasteiger partial charge in [-0.3, -0.25) is 0 Å². The van der Waals surface area contributed by atoms with Gasteiger partial charge in [0.1, 0.15) is 0 Å². The van der Waals surface area contributed by atoms with Gasteiger partial charge >= 0.3 is 11.9 Å². The first-order valence-corrected chi connectivity index (χ1v) is 6.50. The van der Waals surface area contributed by atoms with Gasteiger partial charge in [-0.15, -0.1) is 0 Å². The molecule has 0 aromatic heterocycles. The number of aromatic carboxylic acids is 2. The third-order valence-corrected chi connectivity index (χ3v) is 3.56. The summed E-state index contributed by atoms with van der Waals surface area (Å²) in [4.78, 5) is 22.9. The maximum Gasteiger partial charge on any atom is 0.336 e.